The summed E-state index contributed by atoms with van der Waals surface area (Å²) >= 11 is 3.26. The fraction of sp³-hybridized carbons (Fsp3) is 0. The number of rotatable bonds is 3. The van der Waals surface area contributed by atoms with Crippen LogP contribution in [0.25, 0.3) is 0 Å². The molecule has 0 aliphatic rings. The quantitative estimate of drug-likeness (QED) is 0.851. The van der Waals surface area contributed by atoms with Crippen molar-refractivity contribution in [1.82, 2.24) is 4.98 Å². The van der Waals surface area contributed by atoms with E-state index in [-0.39, 0.29) is 11.3 Å². The SMILES string of the molecule is Nc1ccc(C(=O)O)cc1Oc1cncc(Br)c1. The number of nitrogens with zero attached hydrogens (tertiary/aromatic N) is 1. The molecule has 0 radical (unpaired) electrons. The summed E-state index contributed by atoms with van der Waals surface area (Å²) in [6, 6.07) is 5.99. The van der Waals surface area contributed by atoms with Crippen molar-refractivity contribution in [2.45, 2.75) is 0 Å². The maximum absolute atomic E-state index is 10.9. The van der Waals surface area contributed by atoms with E-state index < -0.39 is 5.97 Å². The van der Waals surface area contributed by atoms with Crippen molar-refractivity contribution in [1.29, 1.82) is 0 Å². The van der Waals surface area contributed by atoms with Crippen LogP contribution in [0.5, 0.6) is 11.5 Å². The lowest BCUT2D eigenvalue weighted by molar-refractivity contribution is 0.0696. The molecule has 18 heavy (non-hydrogen) atoms. The molecule has 0 bridgehead atoms. The van der Waals surface area contributed by atoms with Gasteiger partial charge in [0.2, 0.25) is 0 Å². The average molecular weight is 309 g/mol. The Kier molecular flexibility index (Phi) is 3.47. The largest absolute Gasteiger partial charge is 0.478 e. The summed E-state index contributed by atoms with van der Waals surface area (Å²) in [5.74, 6) is -0.277. The van der Waals surface area contributed by atoms with Gasteiger partial charge in [-0.2, -0.15) is 0 Å². The molecule has 5 nitrogen and oxygen atoms in total. The Hall–Kier alpha value is -2.08. The van der Waals surface area contributed by atoms with Crippen molar-refractivity contribution in [3.63, 3.8) is 0 Å². The molecule has 1 aromatic heterocycles. The van der Waals surface area contributed by atoms with Crippen molar-refractivity contribution >= 4 is 27.6 Å². The van der Waals surface area contributed by atoms with Crippen molar-refractivity contribution in [2.75, 3.05) is 5.73 Å². The van der Waals surface area contributed by atoms with E-state index in [1.54, 1.807) is 12.3 Å². The monoisotopic (exact) mass is 308 g/mol. The number of ether oxygens (including phenoxy) is 1. The lowest BCUT2D eigenvalue weighted by Crippen LogP contribution is -1.99. The standard InChI is InChI=1S/C12H9BrN2O3/c13-8-4-9(6-15-5-8)18-11-3-7(12(16)17)1-2-10(11)14/h1-6H,14H2,(H,16,17). The van der Waals surface area contributed by atoms with Crippen LogP contribution in [-0.2, 0) is 0 Å². The molecule has 0 spiro atoms. The minimum absolute atomic E-state index is 0.113. The summed E-state index contributed by atoms with van der Waals surface area (Å²) in [5.41, 5.74) is 6.20. The highest BCUT2D eigenvalue weighted by Crippen LogP contribution is 2.29. The number of benzene rings is 1. The van der Waals surface area contributed by atoms with E-state index in [1.807, 2.05) is 0 Å². The summed E-state index contributed by atoms with van der Waals surface area (Å²) < 4.78 is 6.26. The van der Waals surface area contributed by atoms with Gasteiger partial charge in [0.05, 0.1) is 17.4 Å². The van der Waals surface area contributed by atoms with Gasteiger partial charge in [0.15, 0.2) is 5.75 Å². The molecule has 92 valence electrons. The van der Waals surface area contributed by atoms with Gasteiger partial charge >= 0.3 is 5.97 Å². The number of halogens is 1. The normalized spacial score (nSPS) is 10.1. The molecule has 0 atom stereocenters. The third-order valence-electron chi connectivity index (χ3n) is 2.17. The highest BCUT2D eigenvalue weighted by molar-refractivity contribution is 9.10. The predicted molar refractivity (Wildman–Crippen MR) is 69.8 cm³/mol. The van der Waals surface area contributed by atoms with E-state index in [1.165, 1.54) is 24.4 Å². The molecule has 0 aliphatic carbocycles. The number of hydrogen-bond donors (Lipinski definition) is 2. The fourth-order valence-electron chi connectivity index (χ4n) is 1.33. The Balaban J connectivity index is 2.33. The van der Waals surface area contributed by atoms with Crippen LogP contribution in [-0.4, -0.2) is 16.1 Å². The lowest BCUT2D eigenvalue weighted by atomic mass is 10.2. The first-order valence-electron chi connectivity index (χ1n) is 4.97. The Bertz CT molecular complexity index is 602. The molecule has 2 aromatic rings. The second-order valence-corrected chi connectivity index (χ2v) is 4.41. The molecule has 6 heteroatoms. The van der Waals surface area contributed by atoms with Crippen molar-refractivity contribution < 1.29 is 14.6 Å². The summed E-state index contributed by atoms with van der Waals surface area (Å²) in [7, 11) is 0. The van der Waals surface area contributed by atoms with Gasteiger partial charge in [0, 0.05) is 10.7 Å². The van der Waals surface area contributed by atoms with Gasteiger partial charge < -0.3 is 15.6 Å². The van der Waals surface area contributed by atoms with Gasteiger partial charge in [-0.1, -0.05) is 0 Å². The summed E-state index contributed by atoms with van der Waals surface area (Å²) in [6.45, 7) is 0. The first-order valence-corrected chi connectivity index (χ1v) is 5.77. The van der Waals surface area contributed by atoms with Gasteiger partial charge in [-0.05, 0) is 40.2 Å². The molecule has 0 saturated carbocycles. The van der Waals surface area contributed by atoms with Gasteiger partial charge in [0.25, 0.3) is 0 Å². The Morgan fingerprint density at radius 2 is 2.11 bits per heavy atom. The number of nitrogen functional groups attached to an aromatic ring is 1. The zero-order valence-electron chi connectivity index (χ0n) is 9.13. The number of anilines is 1. The van der Waals surface area contributed by atoms with Crippen molar-refractivity contribution in [3.05, 3.63) is 46.7 Å². The Morgan fingerprint density at radius 1 is 1.33 bits per heavy atom. The van der Waals surface area contributed by atoms with Crippen LogP contribution < -0.4 is 10.5 Å². The molecule has 3 N–H and O–H groups in total. The van der Waals surface area contributed by atoms with Crippen LogP contribution in [0.1, 0.15) is 10.4 Å². The zero-order chi connectivity index (χ0) is 13.1. The summed E-state index contributed by atoms with van der Waals surface area (Å²) in [5, 5.41) is 8.89. The van der Waals surface area contributed by atoms with E-state index in [0.717, 1.165) is 4.47 Å². The van der Waals surface area contributed by atoms with Crippen LogP contribution in [0.3, 0.4) is 0 Å². The Morgan fingerprint density at radius 3 is 2.78 bits per heavy atom. The van der Waals surface area contributed by atoms with Crippen LogP contribution in [0.2, 0.25) is 0 Å². The highest BCUT2D eigenvalue weighted by atomic mass is 79.9. The van der Waals surface area contributed by atoms with E-state index in [4.69, 9.17) is 15.6 Å². The molecule has 0 amide bonds. The molecule has 1 heterocycles. The van der Waals surface area contributed by atoms with E-state index in [2.05, 4.69) is 20.9 Å². The number of nitrogens with two attached hydrogens (primary N) is 1. The average Bonchev–Trinajstić information content (AvgIpc) is 2.31. The van der Waals surface area contributed by atoms with Gasteiger partial charge in [0.1, 0.15) is 5.75 Å². The first-order chi connectivity index (χ1) is 8.56. The smallest absolute Gasteiger partial charge is 0.335 e. The fourth-order valence-corrected chi connectivity index (χ4v) is 1.67. The maximum Gasteiger partial charge on any atom is 0.335 e. The molecule has 1 aromatic carbocycles. The number of aromatic nitrogens is 1. The summed E-state index contributed by atoms with van der Waals surface area (Å²) in [4.78, 5) is 14.8. The molecule has 0 aliphatic heterocycles. The number of carboxylic acid groups (broad SMARTS) is 1. The number of carbonyl (C=O) groups is 1. The van der Waals surface area contributed by atoms with Gasteiger partial charge in [-0.25, -0.2) is 4.79 Å². The number of carboxylic acids is 1. The molecule has 2 rings (SSSR count). The topological polar surface area (TPSA) is 85.4 Å². The minimum atomic E-state index is -1.03. The van der Waals surface area contributed by atoms with Crippen LogP contribution in [0, 0.1) is 0 Å². The number of aromatic carboxylic acids is 1. The number of hydrogen-bond acceptors (Lipinski definition) is 4. The van der Waals surface area contributed by atoms with Crippen LogP contribution >= 0.6 is 15.9 Å². The third kappa shape index (κ3) is 2.78. The van der Waals surface area contributed by atoms with Crippen LogP contribution in [0.15, 0.2) is 41.1 Å². The molecular weight excluding hydrogens is 300 g/mol. The van der Waals surface area contributed by atoms with E-state index in [0.29, 0.717) is 11.4 Å². The predicted octanol–water partition coefficient (Wildman–Crippen LogP) is 2.92. The molecule has 0 unspecified atom stereocenters. The van der Waals surface area contributed by atoms with E-state index in [9.17, 15) is 4.79 Å². The lowest BCUT2D eigenvalue weighted by Gasteiger charge is -2.09. The molecule has 0 saturated heterocycles. The number of pyridine rings is 1. The Labute approximate surface area is 111 Å². The highest BCUT2D eigenvalue weighted by Gasteiger charge is 2.08. The zero-order valence-corrected chi connectivity index (χ0v) is 10.7. The van der Waals surface area contributed by atoms with Crippen molar-refractivity contribution in [3.8, 4) is 11.5 Å². The molecular formula is C12H9BrN2O3. The van der Waals surface area contributed by atoms with Gasteiger partial charge in [-0.3, -0.25) is 4.98 Å². The van der Waals surface area contributed by atoms with E-state index >= 15 is 0 Å². The van der Waals surface area contributed by atoms with Crippen LogP contribution in [0.4, 0.5) is 5.69 Å². The third-order valence-corrected chi connectivity index (χ3v) is 2.60. The summed E-state index contributed by atoms with van der Waals surface area (Å²) in [6.07, 6.45) is 3.13. The maximum atomic E-state index is 10.9. The van der Waals surface area contributed by atoms with Gasteiger partial charge in [-0.15, -0.1) is 0 Å². The first kappa shape index (κ1) is 12.4. The molecule has 0 fully saturated rings. The minimum Gasteiger partial charge on any atom is -0.478 e. The second-order valence-electron chi connectivity index (χ2n) is 3.50. The van der Waals surface area contributed by atoms with Crippen molar-refractivity contribution in [2.24, 2.45) is 0 Å². The second kappa shape index (κ2) is 5.05.